The first-order valence-electron chi connectivity index (χ1n) is 3.73. The van der Waals surface area contributed by atoms with E-state index in [0.717, 1.165) is 11.1 Å². The lowest BCUT2D eigenvalue weighted by atomic mass is 10.1. The fourth-order valence-electron chi connectivity index (χ4n) is 0.956. The topological polar surface area (TPSA) is 47.6 Å². The second kappa shape index (κ2) is 4.51. The fraction of sp³-hybridized carbons (Fsp3) is 0.222. The maximum absolute atomic E-state index is 5.52. The van der Waals surface area contributed by atoms with E-state index in [9.17, 15) is 0 Å². The Bertz CT molecular complexity index is 271. The van der Waals surface area contributed by atoms with E-state index in [1.807, 2.05) is 24.3 Å². The highest BCUT2D eigenvalue weighted by atomic mass is 16.6. The normalized spacial score (nSPS) is 10.5. The molecule has 64 valence electrons. The molecule has 2 N–H and O–H groups in total. The zero-order chi connectivity index (χ0) is 8.81. The second-order valence-corrected chi connectivity index (χ2v) is 2.32. The molecule has 0 amide bonds. The summed E-state index contributed by atoms with van der Waals surface area (Å²) in [4.78, 5) is 4.57. The van der Waals surface area contributed by atoms with Crippen LogP contribution in [0.15, 0.2) is 29.4 Å². The standard InChI is InChI=1S/C9H12N2O/c1-12-11-7-9-5-3-2-4-8(9)6-10/h2-5,7H,6,10H2,1H3. The molecule has 0 radical (unpaired) electrons. The zero-order valence-corrected chi connectivity index (χ0v) is 7.03. The van der Waals surface area contributed by atoms with Crippen LogP contribution in [0.3, 0.4) is 0 Å². The molecule has 0 aliphatic heterocycles. The van der Waals surface area contributed by atoms with Crippen molar-refractivity contribution in [3.8, 4) is 0 Å². The molecule has 0 spiro atoms. The molecule has 3 heteroatoms. The average molecular weight is 164 g/mol. The Morgan fingerprint density at radius 2 is 2.25 bits per heavy atom. The van der Waals surface area contributed by atoms with E-state index in [-0.39, 0.29) is 0 Å². The van der Waals surface area contributed by atoms with Gasteiger partial charge >= 0.3 is 0 Å². The van der Waals surface area contributed by atoms with Crippen molar-refractivity contribution in [2.75, 3.05) is 7.11 Å². The van der Waals surface area contributed by atoms with E-state index in [4.69, 9.17) is 5.73 Å². The smallest absolute Gasteiger partial charge is 0.106 e. The summed E-state index contributed by atoms with van der Waals surface area (Å²) in [7, 11) is 1.52. The molecule has 0 unspecified atom stereocenters. The van der Waals surface area contributed by atoms with Gasteiger partial charge in [0.2, 0.25) is 0 Å². The minimum absolute atomic E-state index is 0.520. The Balaban J connectivity index is 2.89. The Labute approximate surface area is 71.8 Å². The van der Waals surface area contributed by atoms with Crippen molar-refractivity contribution >= 4 is 6.21 Å². The first-order valence-corrected chi connectivity index (χ1v) is 3.73. The minimum atomic E-state index is 0.520. The highest BCUT2D eigenvalue weighted by Crippen LogP contribution is 2.04. The average Bonchev–Trinajstić information content (AvgIpc) is 2.15. The molecule has 0 aliphatic carbocycles. The van der Waals surface area contributed by atoms with Gasteiger partial charge in [-0.3, -0.25) is 0 Å². The van der Waals surface area contributed by atoms with Crippen molar-refractivity contribution in [1.82, 2.24) is 0 Å². The lowest BCUT2D eigenvalue weighted by molar-refractivity contribution is 0.215. The lowest BCUT2D eigenvalue weighted by Crippen LogP contribution is -2.00. The first kappa shape index (κ1) is 8.74. The lowest BCUT2D eigenvalue weighted by Gasteiger charge is -2.00. The predicted molar refractivity (Wildman–Crippen MR) is 48.9 cm³/mol. The van der Waals surface area contributed by atoms with E-state index in [0.29, 0.717) is 6.54 Å². The molecule has 0 heterocycles. The molecule has 1 aromatic carbocycles. The van der Waals surface area contributed by atoms with Crippen LogP contribution in [0.5, 0.6) is 0 Å². The third-order valence-electron chi connectivity index (χ3n) is 1.57. The third kappa shape index (κ3) is 2.07. The maximum Gasteiger partial charge on any atom is 0.106 e. The first-order chi connectivity index (χ1) is 5.88. The van der Waals surface area contributed by atoms with Gasteiger partial charge in [-0.25, -0.2) is 0 Å². The molecule has 3 nitrogen and oxygen atoms in total. The Morgan fingerprint density at radius 3 is 2.92 bits per heavy atom. The van der Waals surface area contributed by atoms with Crippen LogP contribution in [-0.2, 0) is 11.4 Å². The van der Waals surface area contributed by atoms with Crippen LogP contribution in [0, 0.1) is 0 Å². The van der Waals surface area contributed by atoms with Crippen molar-refractivity contribution in [3.05, 3.63) is 35.4 Å². The van der Waals surface area contributed by atoms with Crippen molar-refractivity contribution in [2.24, 2.45) is 10.9 Å². The van der Waals surface area contributed by atoms with Gasteiger partial charge in [0.15, 0.2) is 0 Å². The van der Waals surface area contributed by atoms with Crippen molar-refractivity contribution in [2.45, 2.75) is 6.54 Å². The third-order valence-corrected chi connectivity index (χ3v) is 1.57. The molecule has 0 atom stereocenters. The summed E-state index contributed by atoms with van der Waals surface area (Å²) >= 11 is 0. The number of benzene rings is 1. The molecule has 0 saturated heterocycles. The van der Waals surface area contributed by atoms with Crippen LogP contribution in [0.25, 0.3) is 0 Å². The summed E-state index contributed by atoms with van der Waals surface area (Å²) in [6, 6.07) is 7.81. The van der Waals surface area contributed by atoms with Gasteiger partial charge in [-0.05, 0) is 5.56 Å². The molecule has 0 aliphatic rings. The number of oxime groups is 1. The van der Waals surface area contributed by atoms with E-state index in [1.165, 1.54) is 7.11 Å². The van der Waals surface area contributed by atoms with Gasteiger partial charge < -0.3 is 10.6 Å². The Hall–Kier alpha value is -1.35. The van der Waals surface area contributed by atoms with Crippen molar-refractivity contribution in [3.63, 3.8) is 0 Å². The van der Waals surface area contributed by atoms with Gasteiger partial charge in [-0.15, -0.1) is 0 Å². The van der Waals surface area contributed by atoms with Crippen LogP contribution >= 0.6 is 0 Å². The Kier molecular flexibility index (Phi) is 3.29. The highest BCUT2D eigenvalue weighted by molar-refractivity contribution is 5.81. The molecule has 0 bridgehead atoms. The molecular weight excluding hydrogens is 152 g/mol. The van der Waals surface area contributed by atoms with Gasteiger partial charge in [0.1, 0.15) is 7.11 Å². The number of rotatable bonds is 3. The van der Waals surface area contributed by atoms with Crippen LogP contribution in [0.1, 0.15) is 11.1 Å². The highest BCUT2D eigenvalue weighted by Gasteiger charge is 1.94. The number of hydrogen-bond donors (Lipinski definition) is 1. The van der Waals surface area contributed by atoms with Gasteiger partial charge in [0.05, 0.1) is 6.21 Å². The van der Waals surface area contributed by atoms with E-state index in [1.54, 1.807) is 6.21 Å². The van der Waals surface area contributed by atoms with Crippen LogP contribution in [0.4, 0.5) is 0 Å². The summed E-state index contributed by atoms with van der Waals surface area (Å²) in [5.41, 5.74) is 7.59. The number of hydrogen-bond acceptors (Lipinski definition) is 3. The summed E-state index contributed by atoms with van der Waals surface area (Å²) in [5.74, 6) is 0. The second-order valence-electron chi connectivity index (χ2n) is 2.32. The number of nitrogens with two attached hydrogens (primary N) is 1. The van der Waals surface area contributed by atoms with Gasteiger partial charge in [-0.2, -0.15) is 0 Å². The van der Waals surface area contributed by atoms with Crippen LogP contribution < -0.4 is 5.73 Å². The predicted octanol–water partition coefficient (Wildman–Crippen LogP) is 1.13. The van der Waals surface area contributed by atoms with Gasteiger partial charge in [0.25, 0.3) is 0 Å². The molecule has 12 heavy (non-hydrogen) atoms. The minimum Gasteiger partial charge on any atom is -0.399 e. The largest absolute Gasteiger partial charge is 0.399 e. The van der Waals surface area contributed by atoms with Gasteiger partial charge in [-0.1, -0.05) is 29.4 Å². The van der Waals surface area contributed by atoms with Crippen LogP contribution in [0.2, 0.25) is 0 Å². The maximum atomic E-state index is 5.52. The summed E-state index contributed by atoms with van der Waals surface area (Å²) in [6.45, 7) is 0.520. The quantitative estimate of drug-likeness (QED) is 0.537. The van der Waals surface area contributed by atoms with Crippen molar-refractivity contribution in [1.29, 1.82) is 0 Å². The molecule has 1 rings (SSSR count). The number of nitrogens with zero attached hydrogens (tertiary/aromatic N) is 1. The van der Waals surface area contributed by atoms with E-state index < -0.39 is 0 Å². The van der Waals surface area contributed by atoms with Crippen LogP contribution in [-0.4, -0.2) is 13.3 Å². The SMILES string of the molecule is CON=Cc1ccccc1CN. The summed E-state index contributed by atoms with van der Waals surface area (Å²) < 4.78 is 0. The molecule has 1 aromatic rings. The Morgan fingerprint density at radius 1 is 1.50 bits per heavy atom. The van der Waals surface area contributed by atoms with Gasteiger partial charge in [0, 0.05) is 12.1 Å². The zero-order valence-electron chi connectivity index (χ0n) is 7.03. The van der Waals surface area contributed by atoms with E-state index in [2.05, 4.69) is 9.99 Å². The summed E-state index contributed by atoms with van der Waals surface area (Å²) in [6.07, 6.45) is 1.65. The van der Waals surface area contributed by atoms with E-state index >= 15 is 0 Å². The molecular formula is C9H12N2O. The molecule has 0 fully saturated rings. The molecule has 0 aromatic heterocycles. The monoisotopic (exact) mass is 164 g/mol. The fourth-order valence-corrected chi connectivity index (χ4v) is 0.956. The molecule has 0 saturated carbocycles. The summed E-state index contributed by atoms with van der Waals surface area (Å²) in [5, 5.41) is 3.67. The van der Waals surface area contributed by atoms with Crippen molar-refractivity contribution < 1.29 is 4.84 Å².